The number of methoxy groups -OCH3 is 1. The lowest BCUT2D eigenvalue weighted by molar-refractivity contribution is 0.0976. The second-order valence-corrected chi connectivity index (χ2v) is 8.21. The first kappa shape index (κ1) is 24.5. The normalized spacial score (nSPS) is 15.3. The molecule has 0 aromatic heterocycles. The summed E-state index contributed by atoms with van der Waals surface area (Å²) >= 11 is 11.6. The third-order valence-electron chi connectivity index (χ3n) is 4.89. The smallest absolute Gasteiger partial charge is 0.258 e. The summed E-state index contributed by atoms with van der Waals surface area (Å²) in [5, 5.41) is 5.46. The largest absolute Gasteiger partial charge is 0.497 e. The molecular formula is C24H19Cl2F2N5O2. The molecule has 0 saturated heterocycles. The number of carbonyl (C=O) groups excluding carboxylic acids is 1. The maximum atomic E-state index is 13.8. The maximum absolute atomic E-state index is 13.8. The summed E-state index contributed by atoms with van der Waals surface area (Å²) in [6.07, 6.45) is 1.18. The fourth-order valence-corrected chi connectivity index (χ4v) is 3.56. The SMILES string of the molecule is COc1ccc(C2=CC(N=C(NC(=O)c3ccc(Cl)c(F)c3)Nc3cc(F)cc(Cl)c3)NN2)cc1. The number of rotatable bonds is 5. The van der Waals surface area contributed by atoms with Crippen molar-refractivity contribution in [3.8, 4) is 5.75 Å². The van der Waals surface area contributed by atoms with Crippen LogP contribution < -0.4 is 26.2 Å². The lowest BCUT2D eigenvalue weighted by atomic mass is 10.1. The summed E-state index contributed by atoms with van der Waals surface area (Å²) in [5.74, 6) is -1.28. The number of aliphatic imine (C=N–C) groups is 1. The van der Waals surface area contributed by atoms with E-state index >= 15 is 0 Å². The van der Waals surface area contributed by atoms with Crippen molar-refractivity contribution >= 4 is 46.5 Å². The number of nitrogens with one attached hydrogen (secondary N) is 4. The van der Waals surface area contributed by atoms with Gasteiger partial charge in [-0.2, -0.15) is 0 Å². The molecule has 1 heterocycles. The zero-order valence-electron chi connectivity index (χ0n) is 18.2. The molecule has 3 aromatic rings. The number of hydrogen-bond acceptors (Lipinski definition) is 5. The minimum Gasteiger partial charge on any atom is -0.497 e. The molecule has 7 nitrogen and oxygen atoms in total. The number of halogens is 4. The number of anilines is 1. The van der Waals surface area contributed by atoms with Crippen LogP contribution in [0, 0.1) is 11.6 Å². The Morgan fingerprint density at radius 2 is 1.83 bits per heavy atom. The van der Waals surface area contributed by atoms with Gasteiger partial charge in [0.2, 0.25) is 5.96 Å². The Morgan fingerprint density at radius 1 is 1.06 bits per heavy atom. The minimum atomic E-state index is -0.739. The second-order valence-electron chi connectivity index (χ2n) is 7.37. The molecule has 0 radical (unpaired) electrons. The topological polar surface area (TPSA) is 86.8 Å². The molecule has 1 aliphatic rings. The van der Waals surface area contributed by atoms with Gasteiger partial charge >= 0.3 is 0 Å². The maximum Gasteiger partial charge on any atom is 0.258 e. The minimum absolute atomic E-state index is 0.0191. The average Bonchev–Trinajstić information content (AvgIpc) is 3.28. The Kier molecular flexibility index (Phi) is 7.50. The van der Waals surface area contributed by atoms with Crippen molar-refractivity contribution in [3.05, 3.63) is 99.5 Å². The van der Waals surface area contributed by atoms with E-state index in [1.807, 2.05) is 24.3 Å². The van der Waals surface area contributed by atoms with Gasteiger partial charge in [-0.15, -0.1) is 0 Å². The molecule has 35 heavy (non-hydrogen) atoms. The zero-order valence-corrected chi connectivity index (χ0v) is 19.7. The Hall–Kier alpha value is -3.66. The summed E-state index contributed by atoms with van der Waals surface area (Å²) in [4.78, 5) is 17.2. The van der Waals surface area contributed by atoms with Gasteiger partial charge in [0.15, 0.2) is 0 Å². The molecule has 1 amide bonds. The lowest BCUT2D eigenvalue weighted by Crippen LogP contribution is -2.39. The van der Waals surface area contributed by atoms with E-state index < -0.39 is 23.7 Å². The number of carbonyl (C=O) groups is 1. The van der Waals surface area contributed by atoms with Crippen LogP contribution in [-0.2, 0) is 0 Å². The molecule has 0 bridgehead atoms. The van der Waals surface area contributed by atoms with Crippen molar-refractivity contribution in [1.82, 2.24) is 16.2 Å². The van der Waals surface area contributed by atoms with Crippen LogP contribution in [0.2, 0.25) is 10.0 Å². The molecule has 1 unspecified atom stereocenters. The van der Waals surface area contributed by atoms with Crippen molar-refractivity contribution < 1.29 is 18.3 Å². The Labute approximate surface area is 209 Å². The highest BCUT2D eigenvalue weighted by atomic mass is 35.5. The first-order valence-electron chi connectivity index (χ1n) is 10.3. The summed E-state index contributed by atoms with van der Waals surface area (Å²) < 4.78 is 32.9. The molecule has 3 aromatic carbocycles. The van der Waals surface area contributed by atoms with Crippen LogP contribution >= 0.6 is 23.2 Å². The zero-order chi connectivity index (χ0) is 24.9. The lowest BCUT2D eigenvalue weighted by Gasteiger charge is -2.14. The Balaban J connectivity index is 1.60. The van der Waals surface area contributed by atoms with Crippen molar-refractivity contribution in [1.29, 1.82) is 0 Å². The van der Waals surface area contributed by atoms with Crippen molar-refractivity contribution in [2.24, 2.45) is 4.99 Å². The third kappa shape index (κ3) is 6.27. The van der Waals surface area contributed by atoms with Gasteiger partial charge in [0.05, 0.1) is 17.8 Å². The van der Waals surface area contributed by atoms with Crippen molar-refractivity contribution in [2.75, 3.05) is 12.4 Å². The molecule has 1 atom stereocenters. The van der Waals surface area contributed by atoms with Gasteiger partial charge in [0, 0.05) is 16.3 Å². The number of ether oxygens (including phenoxy) is 1. The molecule has 4 N–H and O–H groups in total. The molecule has 180 valence electrons. The average molecular weight is 518 g/mol. The van der Waals surface area contributed by atoms with E-state index in [0.717, 1.165) is 29.1 Å². The predicted octanol–water partition coefficient (Wildman–Crippen LogP) is 4.95. The van der Waals surface area contributed by atoms with Gasteiger partial charge in [-0.1, -0.05) is 23.2 Å². The van der Waals surface area contributed by atoms with E-state index in [1.54, 1.807) is 13.2 Å². The Bertz CT molecular complexity index is 1300. The van der Waals surface area contributed by atoms with Crippen molar-refractivity contribution in [2.45, 2.75) is 6.17 Å². The molecule has 0 fully saturated rings. The fourth-order valence-electron chi connectivity index (χ4n) is 3.22. The molecule has 11 heteroatoms. The van der Waals surface area contributed by atoms with Crippen LogP contribution in [0.5, 0.6) is 5.75 Å². The summed E-state index contributed by atoms with van der Waals surface area (Å²) in [6.45, 7) is 0. The molecule has 0 saturated carbocycles. The van der Waals surface area contributed by atoms with Gasteiger partial charge in [0.1, 0.15) is 23.5 Å². The number of guanidine groups is 1. The monoisotopic (exact) mass is 517 g/mol. The second kappa shape index (κ2) is 10.7. The summed E-state index contributed by atoms with van der Waals surface area (Å²) in [5.41, 5.74) is 7.90. The van der Waals surface area contributed by atoms with Crippen LogP contribution in [0.3, 0.4) is 0 Å². The predicted molar refractivity (Wildman–Crippen MR) is 132 cm³/mol. The van der Waals surface area contributed by atoms with E-state index in [9.17, 15) is 13.6 Å². The summed E-state index contributed by atoms with van der Waals surface area (Å²) in [6, 6.07) is 14.8. The van der Waals surface area contributed by atoms with Crippen LogP contribution in [0.1, 0.15) is 15.9 Å². The number of amides is 1. The molecule has 1 aliphatic heterocycles. The van der Waals surface area contributed by atoms with Crippen molar-refractivity contribution in [3.63, 3.8) is 0 Å². The van der Waals surface area contributed by atoms with Crippen LogP contribution in [0.4, 0.5) is 14.5 Å². The van der Waals surface area contributed by atoms with E-state index in [0.29, 0.717) is 0 Å². The van der Waals surface area contributed by atoms with E-state index in [4.69, 9.17) is 27.9 Å². The van der Waals surface area contributed by atoms with E-state index in [-0.39, 0.29) is 27.3 Å². The first-order chi connectivity index (χ1) is 16.8. The standard InChI is InChI=1S/C24H19Cl2F2N5O2/c1-35-18-5-2-13(3-6-18)21-12-22(33-32-21)30-24(29-17-10-15(25)9-16(27)11-17)31-23(34)14-4-7-19(26)20(28)8-14/h2-12,22,32-33H,1H3,(H2,29,30,31,34). The first-order valence-corrected chi connectivity index (χ1v) is 11.0. The van der Waals surface area contributed by atoms with Gasteiger partial charge in [-0.3, -0.25) is 10.1 Å². The van der Waals surface area contributed by atoms with Crippen LogP contribution in [-0.4, -0.2) is 25.1 Å². The van der Waals surface area contributed by atoms with Gasteiger partial charge in [-0.25, -0.2) is 19.2 Å². The quantitative estimate of drug-likeness (QED) is 0.284. The Morgan fingerprint density at radius 3 is 2.51 bits per heavy atom. The molecule has 0 spiro atoms. The number of hydrazine groups is 1. The third-order valence-corrected chi connectivity index (χ3v) is 5.41. The highest BCUT2D eigenvalue weighted by Crippen LogP contribution is 2.21. The number of benzene rings is 3. The molecular weight excluding hydrogens is 499 g/mol. The highest BCUT2D eigenvalue weighted by molar-refractivity contribution is 6.31. The highest BCUT2D eigenvalue weighted by Gasteiger charge is 2.18. The van der Waals surface area contributed by atoms with Gasteiger partial charge < -0.3 is 15.5 Å². The number of hydrogen-bond donors (Lipinski definition) is 4. The van der Waals surface area contributed by atoms with Crippen LogP contribution in [0.25, 0.3) is 5.70 Å². The van der Waals surface area contributed by atoms with E-state index in [2.05, 4.69) is 26.5 Å². The summed E-state index contributed by atoms with van der Waals surface area (Å²) in [7, 11) is 1.58. The van der Waals surface area contributed by atoms with Gasteiger partial charge in [-0.05, 0) is 72.3 Å². The molecule has 4 rings (SSSR count). The van der Waals surface area contributed by atoms with Gasteiger partial charge in [0.25, 0.3) is 5.91 Å². The number of nitrogens with zero attached hydrogens (tertiary/aromatic N) is 1. The van der Waals surface area contributed by atoms with E-state index in [1.165, 1.54) is 24.3 Å². The fraction of sp³-hybridized carbons (Fsp3) is 0.0833. The molecule has 0 aliphatic carbocycles. The van der Waals surface area contributed by atoms with Crippen LogP contribution in [0.15, 0.2) is 71.7 Å².